The number of rotatable bonds is 2. The van der Waals surface area contributed by atoms with Crippen molar-refractivity contribution in [1.29, 1.82) is 5.26 Å². The van der Waals surface area contributed by atoms with Gasteiger partial charge >= 0.3 is 0 Å². The first kappa shape index (κ1) is 10.8. The average Bonchev–Trinajstić information content (AvgIpc) is 2.67. The zero-order valence-corrected chi connectivity index (χ0v) is 9.31. The number of benzene rings is 1. The lowest BCUT2D eigenvalue weighted by molar-refractivity contribution is 0.209. The van der Waals surface area contributed by atoms with E-state index in [4.69, 9.17) is 15.7 Å². The molecule has 1 aliphatic heterocycles. The second-order valence-electron chi connectivity index (χ2n) is 4.16. The van der Waals surface area contributed by atoms with E-state index in [1.54, 1.807) is 18.2 Å². The highest BCUT2D eigenvalue weighted by Crippen LogP contribution is 2.25. The quantitative estimate of drug-likeness (QED) is 0.757. The fourth-order valence-corrected chi connectivity index (χ4v) is 1.90. The van der Waals surface area contributed by atoms with E-state index < -0.39 is 0 Å². The van der Waals surface area contributed by atoms with Gasteiger partial charge in [0.15, 0.2) is 0 Å². The molecule has 0 aliphatic carbocycles. The summed E-state index contributed by atoms with van der Waals surface area (Å²) in [6.45, 7) is 1.99. The van der Waals surface area contributed by atoms with Gasteiger partial charge in [-0.25, -0.2) is 0 Å². The van der Waals surface area contributed by atoms with Crippen molar-refractivity contribution in [2.24, 2.45) is 0 Å². The molecule has 1 saturated heterocycles. The number of likely N-dealkylation sites (N-methyl/N-ethyl adjacent to an activating group) is 1. The fraction of sp³-hybridized carbons (Fsp3) is 0.417. The number of hydrogen-bond acceptors (Lipinski definition) is 4. The van der Waals surface area contributed by atoms with Gasteiger partial charge in [-0.05, 0) is 31.7 Å². The van der Waals surface area contributed by atoms with E-state index in [0.29, 0.717) is 17.0 Å². The molecule has 1 fully saturated rings. The molecule has 1 aromatic rings. The van der Waals surface area contributed by atoms with Crippen LogP contribution in [0.15, 0.2) is 18.2 Å². The second kappa shape index (κ2) is 4.42. The van der Waals surface area contributed by atoms with Gasteiger partial charge in [-0.1, -0.05) is 0 Å². The summed E-state index contributed by atoms with van der Waals surface area (Å²) in [5.74, 6) is 0.680. The lowest BCUT2D eigenvalue weighted by atomic mass is 10.2. The summed E-state index contributed by atoms with van der Waals surface area (Å²) in [6.07, 6.45) is 1.23. The van der Waals surface area contributed by atoms with E-state index in [1.807, 2.05) is 0 Å². The lowest BCUT2D eigenvalue weighted by Gasteiger charge is -2.15. The maximum absolute atomic E-state index is 8.72. The first-order valence-corrected chi connectivity index (χ1v) is 5.34. The van der Waals surface area contributed by atoms with Crippen molar-refractivity contribution < 1.29 is 4.74 Å². The van der Waals surface area contributed by atoms with Gasteiger partial charge in [0, 0.05) is 13.1 Å². The number of ether oxygens (including phenoxy) is 1. The van der Waals surface area contributed by atoms with Gasteiger partial charge in [-0.2, -0.15) is 5.26 Å². The van der Waals surface area contributed by atoms with Crippen molar-refractivity contribution in [3.8, 4) is 11.8 Å². The van der Waals surface area contributed by atoms with Gasteiger partial charge in [0.1, 0.15) is 11.9 Å². The number of anilines is 1. The predicted octanol–water partition coefficient (Wildman–Crippen LogP) is 1.22. The molecule has 0 aromatic heterocycles. The predicted molar refractivity (Wildman–Crippen MR) is 62.1 cm³/mol. The van der Waals surface area contributed by atoms with Crippen LogP contribution in [0.1, 0.15) is 12.0 Å². The molecule has 0 spiro atoms. The summed E-state index contributed by atoms with van der Waals surface area (Å²) in [4.78, 5) is 2.23. The molecule has 2 rings (SSSR count). The van der Waals surface area contributed by atoms with E-state index >= 15 is 0 Å². The molecule has 4 nitrogen and oxygen atoms in total. The molecule has 1 aromatic carbocycles. The maximum atomic E-state index is 8.72. The summed E-state index contributed by atoms with van der Waals surface area (Å²) in [7, 11) is 2.07. The highest BCUT2D eigenvalue weighted by Gasteiger charge is 2.21. The van der Waals surface area contributed by atoms with Gasteiger partial charge in [0.2, 0.25) is 0 Å². The molecular formula is C12H15N3O. The van der Waals surface area contributed by atoms with Crippen LogP contribution in [0.25, 0.3) is 0 Å². The van der Waals surface area contributed by atoms with Crippen LogP contribution in [-0.4, -0.2) is 31.1 Å². The molecule has 0 bridgehead atoms. The minimum Gasteiger partial charge on any atom is -0.487 e. The smallest absolute Gasteiger partial charge is 0.142 e. The van der Waals surface area contributed by atoms with Crippen LogP contribution >= 0.6 is 0 Å². The normalized spacial score (nSPS) is 20.6. The van der Waals surface area contributed by atoms with Crippen LogP contribution in [0.4, 0.5) is 5.69 Å². The highest BCUT2D eigenvalue weighted by molar-refractivity contribution is 5.56. The summed E-state index contributed by atoms with van der Waals surface area (Å²) in [6, 6.07) is 7.20. The Kier molecular flexibility index (Phi) is 2.97. The number of hydrogen-bond donors (Lipinski definition) is 1. The van der Waals surface area contributed by atoms with Gasteiger partial charge in [0.25, 0.3) is 0 Å². The first-order chi connectivity index (χ1) is 7.69. The Morgan fingerprint density at radius 3 is 2.94 bits per heavy atom. The monoisotopic (exact) mass is 217 g/mol. The van der Waals surface area contributed by atoms with E-state index in [-0.39, 0.29) is 6.10 Å². The number of nitrogen functional groups attached to an aromatic ring is 1. The molecule has 0 amide bonds. The van der Waals surface area contributed by atoms with Gasteiger partial charge in [-0.3, -0.25) is 0 Å². The number of likely N-dealkylation sites (tertiary alicyclic amines) is 1. The molecule has 0 saturated carbocycles. The molecule has 1 heterocycles. The van der Waals surface area contributed by atoms with Crippen molar-refractivity contribution >= 4 is 5.69 Å². The molecule has 1 unspecified atom stereocenters. The van der Waals surface area contributed by atoms with Gasteiger partial charge in [-0.15, -0.1) is 0 Å². The lowest BCUT2D eigenvalue weighted by Crippen LogP contribution is -2.21. The number of nitriles is 1. The molecule has 1 aliphatic rings. The minimum absolute atomic E-state index is 0.209. The molecule has 0 radical (unpaired) electrons. The van der Waals surface area contributed by atoms with E-state index in [2.05, 4.69) is 18.0 Å². The standard InChI is InChI=1S/C12H15N3O/c1-15-5-4-10(8-15)16-12-3-2-9(7-13)6-11(12)14/h2-3,6,10H,4-5,8,14H2,1H3. The van der Waals surface area contributed by atoms with Crippen LogP contribution in [0.3, 0.4) is 0 Å². The summed E-state index contributed by atoms with van der Waals surface area (Å²) >= 11 is 0. The minimum atomic E-state index is 0.209. The molecule has 1 atom stereocenters. The van der Waals surface area contributed by atoms with Crippen LogP contribution in [0, 0.1) is 11.3 Å². The zero-order valence-electron chi connectivity index (χ0n) is 9.31. The largest absolute Gasteiger partial charge is 0.487 e. The van der Waals surface area contributed by atoms with Crippen molar-refractivity contribution in [3.63, 3.8) is 0 Å². The van der Waals surface area contributed by atoms with E-state index in [0.717, 1.165) is 19.5 Å². The van der Waals surface area contributed by atoms with Gasteiger partial charge < -0.3 is 15.4 Å². The van der Waals surface area contributed by atoms with Crippen LogP contribution in [-0.2, 0) is 0 Å². The summed E-state index contributed by atoms with van der Waals surface area (Å²) in [5.41, 5.74) is 6.92. The zero-order chi connectivity index (χ0) is 11.5. The summed E-state index contributed by atoms with van der Waals surface area (Å²) < 4.78 is 5.80. The van der Waals surface area contributed by atoms with Crippen molar-refractivity contribution in [1.82, 2.24) is 4.90 Å². The molecule has 2 N–H and O–H groups in total. The van der Waals surface area contributed by atoms with E-state index in [1.165, 1.54) is 0 Å². The maximum Gasteiger partial charge on any atom is 0.142 e. The van der Waals surface area contributed by atoms with Gasteiger partial charge in [0.05, 0.1) is 17.3 Å². The van der Waals surface area contributed by atoms with Crippen LogP contribution < -0.4 is 10.5 Å². The van der Waals surface area contributed by atoms with Crippen LogP contribution in [0.5, 0.6) is 5.75 Å². The average molecular weight is 217 g/mol. The fourth-order valence-electron chi connectivity index (χ4n) is 1.90. The molecule has 84 valence electrons. The second-order valence-corrected chi connectivity index (χ2v) is 4.16. The Balaban J connectivity index is 2.08. The Bertz CT molecular complexity index is 425. The van der Waals surface area contributed by atoms with Crippen molar-refractivity contribution in [2.45, 2.75) is 12.5 Å². The Morgan fingerprint density at radius 2 is 2.38 bits per heavy atom. The topological polar surface area (TPSA) is 62.3 Å². The number of nitrogens with two attached hydrogens (primary N) is 1. The van der Waals surface area contributed by atoms with E-state index in [9.17, 15) is 0 Å². The molecule has 4 heteroatoms. The SMILES string of the molecule is CN1CCC(Oc2ccc(C#N)cc2N)C1. The number of nitrogens with zero attached hydrogens (tertiary/aromatic N) is 2. The Morgan fingerprint density at radius 1 is 1.56 bits per heavy atom. The van der Waals surface area contributed by atoms with Crippen LogP contribution in [0.2, 0.25) is 0 Å². The molecular weight excluding hydrogens is 202 g/mol. The Hall–Kier alpha value is -1.73. The van der Waals surface area contributed by atoms with Crippen molar-refractivity contribution in [3.05, 3.63) is 23.8 Å². The highest BCUT2D eigenvalue weighted by atomic mass is 16.5. The van der Waals surface area contributed by atoms with Crippen molar-refractivity contribution in [2.75, 3.05) is 25.9 Å². The third kappa shape index (κ3) is 2.26. The first-order valence-electron chi connectivity index (χ1n) is 5.34. The third-order valence-corrected chi connectivity index (χ3v) is 2.78. The Labute approximate surface area is 95.2 Å². The summed E-state index contributed by atoms with van der Waals surface area (Å²) in [5, 5.41) is 8.72. The molecule has 16 heavy (non-hydrogen) atoms. The third-order valence-electron chi connectivity index (χ3n) is 2.78.